The molecule has 0 saturated carbocycles. The van der Waals surface area contributed by atoms with Crippen LogP contribution in [0.2, 0.25) is 5.15 Å². The van der Waals surface area contributed by atoms with Crippen molar-refractivity contribution in [2.75, 3.05) is 26.2 Å². The van der Waals surface area contributed by atoms with Crippen LogP contribution in [0.3, 0.4) is 0 Å². The minimum absolute atomic E-state index is 0.191. The molecule has 7 heteroatoms. The lowest BCUT2D eigenvalue weighted by Gasteiger charge is -2.54. The second-order valence-electron chi connectivity index (χ2n) is 7.98. The van der Waals surface area contributed by atoms with Gasteiger partial charge in [-0.25, -0.2) is 9.78 Å². The Bertz CT molecular complexity index is 594. The smallest absolute Gasteiger partial charge is 0.410 e. The minimum Gasteiger partial charge on any atom is -0.444 e. The molecule has 0 unspecified atom stereocenters. The van der Waals surface area contributed by atoms with Gasteiger partial charge in [0.15, 0.2) is 0 Å². The van der Waals surface area contributed by atoms with Gasteiger partial charge in [0.25, 0.3) is 0 Å². The van der Waals surface area contributed by atoms with Crippen LogP contribution in [0.15, 0.2) is 12.4 Å². The van der Waals surface area contributed by atoms with Gasteiger partial charge in [-0.1, -0.05) is 11.6 Å². The summed E-state index contributed by atoms with van der Waals surface area (Å²) in [5, 5.41) is 0.416. The van der Waals surface area contributed by atoms with Crippen molar-refractivity contribution in [1.29, 1.82) is 0 Å². The number of nitrogens with zero attached hydrogens (tertiary/aromatic N) is 4. The maximum atomic E-state index is 12.3. The molecule has 6 nitrogen and oxygen atoms in total. The number of aromatic nitrogens is 2. The molecule has 0 atom stereocenters. The van der Waals surface area contributed by atoms with E-state index in [1.165, 1.54) is 0 Å². The van der Waals surface area contributed by atoms with Gasteiger partial charge in [0.2, 0.25) is 0 Å². The highest BCUT2D eigenvalue weighted by molar-refractivity contribution is 6.29. The summed E-state index contributed by atoms with van der Waals surface area (Å²) in [6.07, 6.45) is 5.31. The van der Waals surface area contributed by atoms with E-state index in [0.717, 1.165) is 51.3 Å². The van der Waals surface area contributed by atoms with Crippen molar-refractivity contribution in [2.45, 2.75) is 45.8 Å². The Labute approximate surface area is 148 Å². The van der Waals surface area contributed by atoms with E-state index in [1.807, 2.05) is 25.7 Å². The number of carbonyl (C=O) groups excluding carboxylic acids is 1. The summed E-state index contributed by atoms with van der Waals surface area (Å²) in [5.74, 6) is 0. The maximum absolute atomic E-state index is 12.3. The van der Waals surface area contributed by atoms with Gasteiger partial charge in [-0.05, 0) is 33.6 Å². The molecule has 2 aliphatic heterocycles. The molecule has 1 aromatic heterocycles. The third-order valence-corrected chi connectivity index (χ3v) is 4.69. The van der Waals surface area contributed by atoms with Crippen molar-refractivity contribution in [3.8, 4) is 0 Å². The maximum Gasteiger partial charge on any atom is 0.410 e. The third-order valence-electron chi connectivity index (χ3n) is 4.49. The lowest BCUT2D eigenvalue weighted by atomic mass is 9.73. The molecule has 24 heavy (non-hydrogen) atoms. The van der Waals surface area contributed by atoms with Crippen molar-refractivity contribution in [2.24, 2.45) is 5.41 Å². The van der Waals surface area contributed by atoms with Crippen molar-refractivity contribution >= 4 is 17.7 Å². The Balaban J connectivity index is 1.53. The standard InChI is InChI=1S/C17H25ClN4O2/c1-16(2,3)24-15(23)22-6-4-5-17(12-22)10-21(11-17)9-13-7-20-14(18)8-19-13/h7-8H,4-6,9-12H2,1-3H3. The number of carbonyl (C=O) groups is 1. The van der Waals surface area contributed by atoms with Crippen LogP contribution in [0, 0.1) is 5.41 Å². The van der Waals surface area contributed by atoms with Crippen LogP contribution in [-0.4, -0.2) is 57.6 Å². The summed E-state index contributed by atoms with van der Waals surface area (Å²) in [6.45, 7) is 10.0. The first-order valence-electron chi connectivity index (χ1n) is 8.41. The molecule has 0 radical (unpaired) electrons. The largest absolute Gasteiger partial charge is 0.444 e. The highest BCUT2D eigenvalue weighted by Gasteiger charge is 2.46. The van der Waals surface area contributed by atoms with Crippen molar-refractivity contribution in [3.63, 3.8) is 0 Å². The van der Waals surface area contributed by atoms with E-state index in [9.17, 15) is 4.79 Å². The summed E-state index contributed by atoms with van der Waals surface area (Å²) in [6, 6.07) is 0. The number of hydrogen-bond donors (Lipinski definition) is 0. The predicted molar refractivity (Wildman–Crippen MR) is 91.8 cm³/mol. The SMILES string of the molecule is CC(C)(C)OC(=O)N1CCCC2(CN(Cc3cnc(Cl)cn3)C2)C1. The lowest BCUT2D eigenvalue weighted by molar-refractivity contribution is -0.0638. The highest BCUT2D eigenvalue weighted by Crippen LogP contribution is 2.39. The molecular formula is C17H25ClN4O2. The Morgan fingerprint density at radius 2 is 2.04 bits per heavy atom. The third kappa shape index (κ3) is 4.16. The quantitative estimate of drug-likeness (QED) is 0.819. The average Bonchev–Trinajstić information content (AvgIpc) is 2.46. The van der Waals surface area contributed by atoms with E-state index in [1.54, 1.807) is 12.4 Å². The van der Waals surface area contributed by atoms with Gasteiger partial charge in [0, 0.05) is 38.1 Å². The monoisotopic (exact) mass is 352 g/mol. The molecular weight excluding hydrogens is 328 g/mol. The molecule has 2 aliphatic rings. The summed E-state index contributed by atoms with van der Waals surface area (Å²) >= 11 is 5.77. The molecule has 1 amide bonds. The Hall–Kier alpha value is -1.40. The van der Waals surface area contributed by atoms with Gasteiger partial charge in [-0.15, -0.1) is 0 Å². The van der Waals surface area contributed by atoms with Crippen molar-refractivity contribution in [3.05, 3.63) is 23.2 Å². The summed E-state index contributed by atoms with van der Waals surface area (Å²) in [5.41, 5.74) is 0.685. The molecule has 3 rings (SSSR count). The zero-order chi connectivity index (χ0) is 17.4. The van der Waals surface area contributed by atoms with Crippen LogP contribution in [0.25, 0.3) is 0 Å². The van der Waals surface area contributed by atoms with E-state index >= 15 is 0 Å². The van der Waals surface area contributed by atoms with Gasteiger partial charge in [-0.3, -0.25) is 9.88 Å². The van der Waals surface area contributed by atoms with E-state index in [-0.39, 0.29) is 11.5 Å². The first-order valence-corrected chi connectivity index (χ1v) is 8.79. The predicted octanol–water partition coefficient (Wildman–Crippen LogP) is 2.96. The van der Waals surface area contributed by atoms with Gasteiger partial charge in [-0.2, -0.15) is 0 Å². The zero-order valence-electron chi connectivity index (χ0n) is 14.6. The molecule has 132 valence electrons. The molecule has 2 fully saturated rings. The second kappa shape index (κ2) is 6.48. The van der Waals surface area contributed by atoms with Gasteiger partial charge < -0.3 is 9.64 Å². The van der Waals surface area contributed by atoms with Crippen LogP contribution >= 0.6 is 11.6 Å². The van der Waals surface area contributed by atoms with Gasteiger partial charge in [0.1, 0.15) is 10.8 Å². The lowest BCUT2D eigenvalue weighted by Crippen LogP contribution is -2.63. The van der Waals surface area contributed by atoms with Crippen molar-refractivity contribution in [1.82, 2.24) is 19.8 Å². The first-order chi connectivity index (χ1) is 11.2. The number of hydrogen-bond acceptors (Lipinski definition) is 5. The minimum atomic E-state index is -0.444. The van der Waals surface area contributed by atoms with Gasteiger partial charge in [0.05, 0.1) is 18.1 Å². The number of piperidine rings is 1. The summed E-state index contributed by atoms with van der Waals surface area (Å²) < 4.78 is 5.52. The molecule has 1 spiro atoms. The van der Waals surface area contributed by atoms with E-state index in [4.69, 9.17) is 16.3 Å². The molecule has 3 heterocycles. The van der Waals surface area contributed by atoms with Crippen LogP contribution < -0.4 is 0 Å². The number of rotatable bonds is 2. The Morgan fingerprint density at radius 1 is 1.29 bits per heavy atom. The zero-order valence-corrected chi connectivity index (χ0v) is 15.3. The topological polar surface area (TPSA) is 58.6 Å². The second-order valence-corrected chi connectivity index (χ2v) is 8.37. The van der Waals surface area contributed by atoms with Gasteiger partial charge >= 0.3 is 6.09 Å². The number of likely N-dealkylation sites (tertiary alicyclic amines) is 2. The van der Waals surface area contributed by atoms with Crippen LogP contribution in [0.4, 0.5) is 4.79 Å². The molecule has 1 aromatic rings. The normalized spacial score (nSPS) is 20.8. The molecule has 0 bridgehead atoms. The molecule has 0 aliphatic carbocycles. The fraction of sp³-hybridized carbons (Fsp3) is 0.706. The first kappa shape index (κ1) is 17.4. The fourth-order valence-corrected chi connectivity index (χ4v) is 3.71. The highest BCUT2D eigenvalue weighted by atomic mass is 35.5. The Morgan fingerprint density at radius 3 is 2.67 bits per heavy atom. The Kier molecular flexibility index (Phi) is 4.71. The number of halogens is 1. The van der Waals surface area contributed by atoms with Crippen LogP contribution in [0.1, 0.15) is 39.3 Å². The molecule has 2 saturated heterocycles. The van der Waals surface area contributed by atoms with E-state index in [0.29, 0.717) is 5.15 Å². The van der Waals surface area contributed by atoms with E-state index in [2.05, 4.69) is 14.9 Å². The van der Waals surface area contributed by atoms with Crippen molar-refractivity contribution < 1.29 is 9.53 Å². The molecule has 0 N–H and O–H groups in total. The van der Waals surface area contributed by atoms with E-state index < -0.39 is 5.60 Å². The number of amides is 1. The van der Waals surface area contributed by atoms with Crippen LogP contribution in [0.5, 0.6) is 0 Å². The number of ether oxygens (including phenoxy) is 1. The summed E-state index contributed by atoms with van der Waals surface area (Å²) in [7, 11) is 0. The summed E-state index contributed by atoms with van der Waals surface area (Å²) in [4.78, 5) is 24.9. The molecule has 0 aromatic carbocycles. The fourth-order valence-electron chi connectivity index (χ4n) is 3.61. The average molecular weight is 353 g/mol. The van der Waals surface area contributed by atoms with Crippen LogP contribution in [-0.2, 0) is 11.3 Å².